The van der Waals surface area contributed by atoms with Gasteiger partial charge in [0.05, 0.1) is 20.1 Å². The molecule has 2 heterocycles. The number of Topliss-reactive ketones (excluding diaryl/α,β-unsaturated/α-hetero) is 1. The van der Waals surface area contributed by atoms with Gasteiger partial charge in [-0.3, -0.25) is 9.59 Å². The van der Waals surface area contributed by atoms with Crippen molar-refractivity contribution in [3.05, 3.63) is 70.2 Å². The molecule has 0 radical (unpaired) electrons. The van der Waals surface area contributed by atoms with Crippen LogP contribution in [-0.2, 0) is 9.59 Å². The Morgan fingerprint density at radius 2 is 1.88 bits per heavy atom. The molecule has 2 aliphatic rings. The third-order valence-electron chi connectivity index (χ3n) is 6.39. The molecule has 0 fully saturated rings. The number of carbonyl (C=O) groups is 2. The number of anilines is 1. The summed E-state index contributed by atoms with van der Waals surface area (Å²) in [5.74, 6) is 0.789. The first-order chi connectivity index (χ1) is 16.1. The summed E-state index contributed by atoms with van der Waals surface area (Å²) >= 11 is 0. The molecule has 1 aliphatic heterocycles. The van der Waals surface area contributed by atoms with Crippen LogP contribution in [0.3, 0.4) is 0 Å². The van der Waals surface area contributed by atoms with Crippen LogP contribution < -0.4 is 20.1 Å². The lowest BCUT2D eigenvalue weighted by atomic mass is 9.68. The van der Waals surface area contributed by atoms with E-state index in [1.807, 2.05) is 32.0 Å². The number of rotatable bonds is 5. The molecule has 2 aromatic rings. The van der Waals surface area contributed by atoms with E-state index < -0.39 is 5.92 Å². The summed E-state index contributed by atoms with van der Waals surface area (Å²) in [6.07, 6.45) is 2.83. The van der Waals surface area contributed by atoms with E-state index in [1.54, 1.807) is 32.5 Å². The maximum atomic E-state index is 13.6. The van der Waals surface area contributed by atoms with Crippen LogP contribution in [0.2, 0.25) is 0 Å². The summed E-state index contributed by atoms with van der Waals surface area (Å²) in [6, 6.07) is 9.13. The number of carbonyl (C=O) groups excluding carboxylic acids is 2. The van der Waals surface area contributed by atoms with Gasteiger partial charge in [0, 0.05) is 46.8 Å². The van der Waals surface area contributed by atoms with Crippen LogP contribution in [0.15, 0.2) is 59.1 Å². The lowest BCUT2D eigenvalue weighted by molar-refractivity contribution is -0.118. The van der Waals surface area contributed by atoms with E-state index >= 15 is 0 Å². The molecule has 0 spiro atoms. The van der Waals surface area contributed by atoms with Gasteiger partial charge in [-0.25, -0.2) is 4.98 Å². The number of benzene rings is 1. The molecule has 4 rings (SSSR count). The fourth-order valence-electron chi connectivity index (χ4n) is 4.83. The Morgan fingerprint density at radius 3 is 2.53 bits per heavy atom. The number of hydrogen-bond acceptors (Lipinski definition) is 6. The molecule has 7 nitrogen and oxygen atoms in total. The van der Waals surface area contributed by atoms with Crippen molar-refractivity contribution in [1.29, 1.82) is 0 Å². The minimum atomic E-state index is -0.578. The standard InChI is InChI=1S/C27H31N3O4/c1-15-7-10-22(28-14-15)30-26(32)23-16(2)29-19-12-27(3,4)13-20(31)25(19)24(23)18-9-8-17(33-5)11-21(18)34-6/h7-11,14,24,29H,12-13H2,1-6H3,(H,28,30,32)/t24-/m1/s1. The second kappa shape index (κ2) is 8.97. The minimum absolute atomic E-state index is 0.0351. The van der Waals surface area contributed by atoms with Crippen molar-refractivity contribution >= 4 is 17.5 Å². The number of ether oxygens (including phenoxy) is 2. The first-order valence-electron chi connectivity index (χ1n) is 11.3. The van der Waals surface area contributed by atoms with Crippen molar-refractivity contribution in [2.45, 2.75) is 46.5 Å². The summed E-state index contributed by atoms with van der Waals surface area (Å²) in [6.45, 7) is 7.98. The van der Waals surface area contributed by atoms with E-state index in [2.05, 4.69) is 29.5 Å². The number of ketones is 1. The molecule has 2 N–H and O–H groups in total. The van der Waals surface area contributed by atoms with E-state index in [1.165, 1.54) is 0 Å². The molecule has 1 aromatic carbocycles. The second-order valence-electron chi connectivity index (χ2n) is 9.71. The van der Waals surface area contributed by atoms with Crippen molar-refractivity contribution in [3.8, 4) is 11.5 Å². The lowest BCUT2D eigenvalue weighted by Gasteiger charge is -2.40. The number of allylic oxidation sites excluding steroid dienone is 3. The summed E-state index contributed by atoms with van der Waals surface area (Å²) < 4.78 is 11.1. The zero-order chi connectivity index (χ0) is 24.6. The van der Waals surface area contributed by atoms with Gasteiger partial charge in [0.1, 0.15) is 17.3 Å². The van der Waals surface area contributed by atoms with Crippen LogP contribution in [0, 0.1) is 12.3 Å². The molecule has 1 atom stereocenters. The Bertz CT molecular complexity index is 1210. The molecule has 178 valence electrons. The molecular weight excluding hydrogens is 430 g/mol. The molecule has 1 amide bonds. The first kappa shape index (κ1) is 23.5. The molecule has 7 heteroatoms. The van der Waals surface area contributed by atoms with Gasteiger partial charge in [-0.1, -0.05) is 26.0 Å². The van der Waals surface area contributed by atoms with Crippen molar-refractivity contribution in [1.82, 2.24) is 10.3 Å². The Hall–Kier alpha value is -3.61. The molecule has 1 aliphatic carbocycles. The SMILES string of the molecule is COc1ccc([C@@H]2C(C(=O)Nc3ccc(C)cn3)=C(C)NC3=C2C(=O)CC(C)(C)C3)c(OC)c1. The fraction of sp³-hybridized carbons (Fsp3) is 0.370. The number of nitrogens with zero attached hydrogens (tertiary/aromatic N) is 1. The Kier molecular flexibility index (Phi) is 6.21. The number of hydrogen-bond donors (Lipinski definition) is 2. The van der Waals surface area contributed by atoms with Gasteiger partial charge in [0.2, 0.25) is 0 Å². The van der Waals surface area contributed by atoms with Crippen LogP contribution in [0.5, 0.6) is 11.5 Å². The predicted octanol–water partition coefficient (Wildman–Crippen LogP) is 4.65. The molecular formula is C27H31N3O4. The number of amides is 1. The van der Waals surface area contributed by atoms with Gasteiger partial charge >= 0.3 is 0 Å². The van der Waals surface area contributed by atoms with Gasteiger partial charge < -0.3 is 20.1 Å². The zero-order valence-corrected chi connectivity index (χ0v) is 20.5. The third-order valence-corrected chi connectivity index (χ3v) is 6.39. The average molecular weight is 462 g/mol. The highest BCUT2D eigenvalue weighted by Gasteiger charge is 2.43. The van der Waals surface area contributed by atoms with Crippen LogP contribution in [-0.4, -0.2) is 30.9 Å². The zero-order valence-electron chi connectivity index (χ0n) is 20.5. The lowest BCUT2D eigenvalue weighted by Crippen LogP contribution is -2.39. The van der Waals surface area contributed by atoms with E-state index in [0.29, 0.717) is 40.6 Å². The van der Waals surface area contributed by atoms with Crippen LogP contribution >= 0.6 is 0 Å². The highest BCUT2D eigenvalue weighted by Crippen LogP contribution is 2.49. The largest absolute Gasteiger partial charge is 0.497 e. The van der Waals surface area contributed by atoms with Crippen molar-refractivity contribution < 1.29 is 19.1 Å². The Labute approximate surface area is 200 Å². The summed E-state index contributed by atoms with van der Waals surface area (Å²) in [4.78, 5) is 31.4. The van der Waals surface area contributed by atoms with Crippen LogP contribution in [0.25, 0.3) is 0 Å². The first-order valence-corrected chi connectivity index (χ1v) is 11.3. The van der Waals surface area contributed by atoms with Crippen molar-refractivity contribution in [2.75, 3.05) is 19.5 Å². The number of aromatic nitrogens is 1. The van der Waals surface area contributed by atoms with Gasteiger partial charge in [-0.2, -0.15) is 0 Å². The maximum Gasteiger partial charge on any atom is 0.255 e. The second-order valence-corrected chi connectivity index (χ2v) is 9.71. The topological polar surface area (TPSA) is 89.5 Å². The highest BCUT2D eigenvalue weighted by atomic mass is 16.5. The van der Waals surface area contributed by atoms with Crippen LogP contribution in [0.1, 0.15) is 50.7 Å². The number of pyridine rings is 1. The van der Waals surface area contributed by atoms with E-state index in [-0.39, 0.29) is 17.1 Å². The highest BCUT2D eigenvalue weighted by molar-refractivity contribution is 6.09. The molecule has 1 aromatic heterocycles. The predicted molar refractivity (Wildman–Crippen MR) is 131 cm³/mol. The summed E-state index contributed by atoms with van der Waals surface area (Å²) in [5.41, 5.74) is 4.24. The molecule has 0 saturated heterocycles. The molecule has 0 bridgehead atoms. The quantitative estimate of drug-likeness (QED) is 0.674. The number of aryl methyl sites for hydroxylation is 1. The number of nitrogens with one attached hydrogen (secondary N) is 2. The van der Waals surface area contributed by atoms with Crippen molar-refractivity contribution in [2.24, 2.45) is 5.41 Å². The van der Waals surface area contributed by atoms with Crippen LogP contribution in [0.4, 0.5) is 5.82 Å². The molecule has 34 heavy (non-hydrogen) atoms. The number of methoxy groups -OCH3 is 2. The van der Waals surface area contributed by atoms with Gasteiger partial charge in [0.15, 0.2) is 5.78 Å². The van der Waals surface area contributed by atoms with E-state index in [0.717, 1.165) is 23.2 Å². The minimum Gasteiger partial charge on any atom is -0.497 e. The van der Waals surface area contributed by atoms with Gasteiger partial charge in [-0.05, 0) is 43.4 Å². The smallest absolute Gasteiger partial charge is 0.255 e. The maximum absolute atomic E-state index is 13.6. The molecule has 0 unspecified atom stereocenters. The van der Waals surface area contributed by atoms with Gasteiger partial charge in [0.25, 0.3) is 5.91 Å². The summed E-state index contributed by atoms with van der Waals surface area (Å²) in [5, 5.41) is 6.29. The van der Waals surface area contributed by atoms with E-state index in [9.17, 15) is 9.59 Å². The fourth-order valence-corrected chi connectivity index (χ4v) is 4.83. The van der Waals surface area contributed by atoms with Gasteiger partial charge in [-0.15, -0.1) is 0 Å². The molecule has 0 saturated carbocycles. The Morgan fingerprint density at radius 1 is 1.12 bits per heavy atom. The normalized spacial score (nSPS) is 19.4. The van der Waals surface area contributed by atoms with Crippen molar-refractivity contribution in [3.63, 3.8) is 0 Å². The third kappa shape index (κ3) is 4.42. The van der Waals surface area contributed by atoms with E-state index in [4.69, 9.17) is 9.47 Å². The number of dihydropyridines is 1. The summed E-state index contributed by atoms with van der Waals surface area (Å²) in [7, 11) is 3.16. The monoisotopic (exact) mass is 461 g/mol. The Balaban J connectivity index is 1.85. The average Bonchev–Trinajstić information content (AvgIpc) is 2.78.